The fourth-order valence-corrected chi connectivity index (χ4v) is 0.289. The number of aliphatic hydroxyl groups excluding tert-OH is 2. The molecule has 0 fully saturated rings. The van der Waals surface area contributed by atoms with Crippen LogP contribution in [0.4, 0.5) is 0 Å². The molecule has 0 aliphatic carbocycles. The monoisotopic (exact) mass is 222 g/mol. The molecule has 3 N–H and O–H groups in total. The molecular formula is C10H22O5. The van der Waals surface area contributed by atoms with Crippen LogP contribution < -0.4 is 0 Å². The molecule has 15 heavy (non-hydrogen) atoms. The van der Waals surface area contributed by atoms with E-state index in [0.717, 1.165) is 12.7 Å². The summed E-state index contributed by atoms with van der Waals surface area (Å²) in [5.74, 6) is -0.981. The Hall–Kier alpha value is -0.910. The van der Waals surface area contributed by atoms with Crippen LogP contribution in [0, 0.1) is 0 Å². The van der Waals surface area contributed by atoms with E-state index in [0.29, 0.717) is 0 Å². The SMILES string of the molecule is C=CC(=O)O.CCCCOC.OCCO. The molecule has 0 spiro atoms. The summed E-state index contributed by atoms with van der Waals surface area (Å²) in [6.07, 6.45) is 3.25. The van der Waals surface area contributed by atoms with E-state index >= 15 is 0 Å². The maximum Gasteiger partial charge on any atom is 0.327 e. The van der Waals surface area contributed by atoms with Crippen LogP contribution in [0.2, 0.25) is 0 Å². The van der Waals surface area contributed by atoms with E-state index in [1.807, 2.05) is 0 Å². The molecule has 5 heteroatoms. The van der Waals surface area contributed by atoms with Gasteiger partial charge >= 0.3 is 5.97 Å². The van der Waals surface area contributed by atoms with Crippen molar-refractivity contribution in [3.8, 4) is 0 Å². The zero-order chi connectivity index (χ0) is 12.5. The van der Waals surface area contributed by atoms with Crippen molar-refractivity contribution in [2.24, 2.45) is 0 Å². The van der Waals surface area contributed by atoms with Crippen molar-refractivity contribution in [1.29, 1.82) is 0 Å². The lowest BCUT2D eigenvalue weighted by Gasteiger charge is -1.89. The van der Waals surface area contributed by atoms with Crippen LogP contribution in [-0.2, 0) is 9.53 Å². The Morgan fingerprint density at radius 3 is 1.87 bits per heavy atom. The Bertz CT molecular complexity index is 119. The third-order valence-electron chi connectivity index (χ3n) is 0.977. The summed E-state index contributed by atoms with van der Waals surface area (Å²) in [5.41, 5.74) is 0. The molecule has 0 bridgehead atoms. The first-order valence-corrected chi connectivity index (χ1v) is 4.66. The number of hydrogen-bond donors (Lipinski definition) is 3. The maximum atomic E-state index is 9.25. The van der Waals surface area contributed by atoms with Gasteiger partial charge in [-0.3, -0.25) is 0 Å². The van der Waals surface area contributed by atoms with E-state index in [4.69, 9.17) is 20.1 Å². The van der Waals surface area contributed by atoms with Crippen LogP contribution in [0.15, 0.2) is 12.7 Å². The predicted octanol–water partition coefficient (Wildman–Crippen LogP) is 0.661. The Kier molecular flexibility index (Phi) is 30.3. The molecule has 0 unspecified atom stereocenters. The minimum absolute atomic E-state index is 0.125. The van der Waals surface area contributed by atoms with Crippen molar-refractivity contribution in [1.82, 2.24) is 0 Å². The number of rotatable bonds is 5. The zero-order valence-corrected chi connectivity index (χ0v) is 9.48. The van der Waals surface area contributed by atoms with Crippen LogP contribution in [0.3, 0.4) is 0 Å². The van der Waals surface area contributed by atoms with Gasteiger partial charge in [0.15, 0.2) is 0 Å². The third-order valence-corrected chi connectivity index (χ3v) is 0.977. The summed E-state index contributed by atoms with van der Waals surface area (Å²) in [4.78, 5) is 9.25. The van der Waals surface area contributed by atoms with Gasteiger partial charge in [-0.05, 0) is 6.42 Å². The molecule has 5 nitrogen and oxygen atoms in total. The molecule has 0 saturated heterocycles. The minimum atomic E-state index is -0.981. The smallest absolute Gasteiger partial charge is 0.327 e. The maximum absolute atomic E-state index is 9.25. The van der Waals surface area contributed by atoms with E-state index in [9.17, 15) is 4.79 Å². The predicted molar refractivity (Wildman–Crippen MR) is 58.8 cm³/mol. The molecule has 92 valence electrons. The molecule has 0 heterocycles. The van der Waals surface area contributed by atoms with E-state index < -0.39 is 5.97 Å². The average Bonchev–Trinajstić information content (AvgIpc) is 2.27. The van der Waals surface area contributed by atoms with Crippen molar-refractivity contribution in [3.63, 3.8) is 0 Å². The molecule has 0 radical (unpaired) electrons. The largest absolute Gasteiger partial charge is 0.478 e. The second kappa shape index (κ2) is 23.2. The Morgan fingerprint density at radius 1 is 1.40 bits per heavy atom. The first kappa shape index (κ1) is 19.6. The number of methoxy groups -OCH3 is 1. The molecular weight excluding hydrogens is 200 g/mol. The van der Waals surface area contributed by atoms with Crippen LogP contribution in [0.25, 0.3) is 0 Å². The van der Waals surface area contributed by atoms with Crippen LogP contribution in [-0.4, -0.2) is 48.2 Å². The van der Waals surface area contributed by atoms with Gasteiger partial charge in [0.25, 0.3) is 0 Å². The van der Waals surface area contributed by atoms with Gasteiger partial charge in [0, 0.05) is 19.8 Å². The Labute approximate surface area is 91.0 Å². The molecule has 0 aromatic rings. The first-order chi connectivity index (χ1) is 7.10. The molecule has 0 saturated carbocycles. The van der Waals surface area contributed by atoms with Gasteiger partial charge in [-0.2, -0.15) is 0 Å². The number of ether oxygens (including phenoxy) is 1. The summed E-state index contributed by atoms with van der Waals surface area (Å²) < 4.78 is 4.78. The zero-order valence-electron chi connectivity index (χ0n) is 9.48. The van der Waals surface area contributed by atoms with Crippen molar-refractivity contribution in [3.05, 3.63) is 12.7 Å². The summed E-state index contributed by atoms with van der Waals surface area (Å²) in [6, 6.07) is 0. The highest BCUT2D eigenvalue weighted by Crippen LogP contribution is 1.83. The van der Waals surface area contributed by atoms with E-state index in [1.54, 1.807) is 7.11 Å². The van der Waals surface area contributed by atoms with Gasteiger partial charge < -0.3 is 20.1 Å². The molecule has 0 atom stereocenters. The summed E-state index contributed by atoms with van der Waals surface area (Å²) in [5, 5.41) is 22.9. The van der Waals surface area contributed by atoms with Crippen molar-refractivity contribution in [2.45, 2.75) is 19.8 Å². The van der Waals surface area contributed by atoms with Crippen LogP contribution in [0.1, 0.15) is 19.8 Å². The minimum Gasteiger partial charge on any atom is -0.478 e. The highest BCUT2D eigenvalue weighted by Gasteiger charge is 1.74. The molecule has 0 aliphatic heterocycles. The van der Waals surface area contributed by atoms with Gasteiger partial charge in [0.1, 0.15) is 0 Å². The number of unbranched alkanes of at least 4 members (excludes halogenated alkanes) is 1. The van der Waals surface area contributed by atoms with E-state index in [-0.39, 0.29) is 13.2 Å². The fourth-order valence-electron chi connectivity index (χ4n) is 0.289. The van der Waals surface area contributed by atoms with Gasteiger partial charge in [-0.15, -0.1) is 0 Å². The van der Waals surface area contributed by atoms with E-state index in [2.05, 4.69) is 13.5 Å². The van der Waals surface area contributed by atoms with Gasteiger partial charge in [-0.1, -0.05) is 19.9 Å². The molecule has 0 aliphatic rings. The topological polar surface area (TPSA) is 87.0 Å². The fraction of sp³-hybridized carbons (Fsp3) is 0.700. The Morgan fingerprint density at radius 2 is 1.80 bits per heavy atom. The lowest BCUT2D eigenvalue weighted by molar-refractivity contribution is -0.131. The molecule has 0 amide bonds. The molecule has 0 rings (SSSR count). The van der Waals surface area contributed by atoms with E-state index in [1.165, 1.54) is 12.8 Å². The van der Waals surface area contributed by atoms with Crippen molar-refractivity contribution >= 4 is 5.97 Å². The summed E-state index contributed by atoms with van der Waals surface area (Å²) >= 11 is 0. The van der Waals surface area contributed by atoms with Gasteiger partial charge in [-0.25, -0.2) is 4.79 Å². The first-order valence-electron chi connectivity index (χ1n) is 4.66. The number of aliphatic carboxylic acids is 1. The quantitative estimate of drug-likeness (QED) is 0.470. The van der Waals surface area contributed by atoms with Crippen LogP contribution in [0.5, 0.6) is 0 Å². The highest BCUT2D eigenvalue weighted by molar-refractivity contribution is 5.78. The average molecular weight is 222 g/mol. The summed E-state index contributed by atoms with van der Waals surface area (Å²) in [6.45, 7) is 5.78. The normalized spacial score (nSPS) is 7.73. The van der Waals surface area contributed by atoms with Gasteiger partial charge in [0.05, 0.1) is 13.2 Å². The van der Waals surface area contributed by atoms with Gasteiger partial charge in [0.2, 0.25) is 0 Å². The number of carboxylic acid groups (broad SMARTS) is 1. The summed E-state index contributed by atoms with van der Waals surface area (Å²) in [7, 11) is 1.73. The highest BCUT2D eigenvalue weighted by atomic mass is 16.5. The second-order valence-electron chi connectivity index (χ2n) is 2.34. The number of carboxylic acids is 1. The lowest BCUT2D eigenvalue weighted by Crippen LogP contribution is -1.85. The number of hydrogen-bond acceptors (Lipinski definition) is 4. The molecule has 0 aromatic carbocycles. The van der Waals surface area contributed by atoms with Crippen molar-refractivity contribution < 1.29 is 24.9 Å². The Balaban J connectivity index is -0.000000147. The standard InChI is InChI=1S/C5H12O.C3H4O2.C2H6O2/c1-3-4-5-6-2;1-2-3(4)5;3-1-2-4/h3-5H2,1-2H3;2H,1H2,(H,4,5);3-4H,1-2H2. The lowest BCUT2D eigenvalue weighted by atomic mass is 10.4. The second-order valence-corrected chi connectivity index (χ2v) is 2.34. The third kappa shape index (κ3) is 62.1. The number of aliphatic hydroxyl groups is 2. The number of carbonyl (C=O) groups is 1. The van der Waals surface area contributed by atoms with Crippen LogP contribution >= 0.6 is 0 Å². The molecule has 0 aromatic heterocycles. The van der Waals surface area contributed by atoms with Crippen molar-refractivity contribution in [2.75, 3.05) is 26.9 Å².